The van der Waals surface area contributed by atoms with Gasteiger partial charge in [0, 0.05) is 17.2 Å². The van der Waals surface area contributed by atoms with Crippen molar-refractivity contribution in [3.63, 3.8) is 0 Å². The van der Waals surface area contributed by atoms with Gasteiger partial charge in [0.2, 0.25) is 0 Å². The fourth-order valence-corrected chi connectivity index (χ4v) is 4.35. The molecule has 0 saturated carbocycles. The Kier molecular flexibility index (Phi) is 7.08. The molecule has 160 valence electrons. The van der Waals surface area contributed by atoms with E-state index in [1.807, 2.05) is 30.3 Å². The first-order valence-corrected chi connectivity index (χ1v) is 11.2. The highest BCUT2D eigenvalue weighted by Gasteiger charge is 2.37. The van der Waals surface area contributed by atoms with Crippen molar-refractivity contribution in [1.29, 1.82) is 0 Å². The molecule has 5 nitrogen and oxygen atoms in total. The molecule has 1 unspecified atom stereocenters. The van der Waals surface area contributed by atoms with Crippen molar-refractivity contribution in [2.24, 2.45) is 5.41 Å². The highest BCUT2D eigenvalue weighted by atomic mass is 32.2. The quantitative estimate of drug-likeness (QED) is 0.485. The molecule has 1 N–H and O–H groups in total. The minimum Gasteiger partial charge on any atom is -0.465 e. The first kappa shape index (κ1) is 22.2. The van der Waals surface area contributed by atoms with Gasteiger partial charge < -0.3 is 9.84 Å². The third-order valence-electron chi connectivity index (χ3n) is 5.16. The van der Waals surface area contributed by atoms with Crippen LogP contribution in [-0.2, 0) is 21.7 Å². The van der Waals surface area contributed by atoms with Gasteiger partial charge >= 0.3 is 12.1 Å². The minimum atomic E-state index is -1.10. The number of thioether (sulfide) groups is 1. The van der Waals surface area contributed by atoms with Gasteiger partial charge in [0.25, 0.3) is 0 Å². The largest absolute Gasteiger partial charge is 0.465 e. The monoisotopic (exact) mass is 427 g/mol. The smallest absolute Gasteiger partial charge is 0.408 e. The molecule has 0 bridgehead atoms. The maximum Gasteiger partial charge on any atom is 0.408 e. The van der Waals surface area contributed by atoms with Crippen LogP contribution in [0, 0.1) is 5.41 Å². The maximum absolute atomic E-state index is 12.8. The first-order chi connectivity index (χ1) is 14.2. The predicted molar refractivity (Wildman–Crippen MR) is 119 cm³/mol. The number of rotatable bonds is 6. The number of esters is 1. The zero-order valence-corrected chi connectivity index (χ0v) is 18.6. The second-order valence-electron chi connectivity index (χ2n) is 8.74. The zero-order chi connectivity index (χ0) is 21.7. The number of ether oxygens (including phenoxy) is 1. The van der Waals surface area contributed by atoms with E-state index in [2.05, 4.69) is 39.0 Å². The molecule has 1 amide bonds. The van der Waals surface area contributed by atoms with Gasteiger partial charge in [-0.3, -0.25) is 4.90 Å². The highest BCUT2D eigenvalue weighted by molar-refractivity contribution is 7.98. The van der Waals surface area contributed by atoms with Gasteiger partial charge in [0.15, 0.2) is 6.04 Å². The number of amides is 1. The topological polar surface area (TPSA) is 66.8 Å². The van der Waals surface area contributed by atoms with E-state index in [1.54, 1.807) is 11.8 Å². The van der Waals surface area contributed by atoms with Gasteiger partial charge in [-0.05, 0) is 47.1 Å². The number of hydrogen-bond donors (Lipinski definition) is 1. The molecule has 0 spiro atoms. The molecule has 0 radical (unpaired) electrons. The van der Waals surface area contributed by atoms with Crippen LogP contribution >= 0.6 is 11.8 Å². The molecule has 0 saturated heterocycles. The number of fused-ring (bicyclic) bond motifs is 1. The molecule has 1 atom stereocenters. The molecular formula is C24H29NO4S. The van der Waals surface area contributed by atoms with Crippen LogP contribution in [0.4, 0.5) is 4.79 Å². The van der Waals surface area contributed by atoms with Crippen molar-refractivity contribution < 1.29 is 19.4 Å². The van der Waals surface area contributed by atoms with Crippen LogP contribution in [-0.4, -0.2) is 35.2 Å². The molecule has 0 aliphatic carbocycles. The Labute approximate surface area is 182 Å². The lowest BCUT2D eigenvalue weighted by atomic mass is 9.92. The number of hydrogen-bond acceptors (Lipinski definition) is 4. The fraction of sp³-hybridized carbons (Fsp3) is 0.417. The van der Waals surface area contributed by atoms with Crippen LogP contribution in [0.25, 0.3) is 0 Å². The van der Waals surface area contributed by atoms with E-state index in [4.69, 9.17) is 4.74 Å². The standard InChI is InChI=1S/C24H29NO4S/c1-24(2,3)12-14-29-22(26)21-20-10-9-19(30-16-17-7-5-4-6-8-17)15-18(20)11-13-25(21)23(27)28/h4-10,15,21H,11-14,16H2,1-3H3,(H,27,28). The van der Waals surface area contributed by atoms with Crippen LogP contribution in [0.15, 0.2) is 53.4 Å². The molecular weight excluding hydrogens is 398 g/mol. The minimum absolute atomic E-state index is 0.0438. The van der Waals surface area contributed by atoms with Gasteiger partial charge in [-0.1, -0.05) is 57.2 Å². The van der Waals surface area contributed by atoms with Gasteiger partial charge in [0.1, 0.15) is 0 Å². The van der Waals surface area contributed by atoms with E-state index in [0.717, 1.165) is 28.2 Å². The van der Waals surface area contributed by atoms with Gasteiger partial charge in [0.05, 0.1) is 6.61 Å². The first-order valence-electron chi connectivity index (χ1n) is 10.2. The number of benzene rings is 2. The van der Waals surface area contributed by atoms with Crippen LogP contribution in [0.5, 0.6) is 0 Å². The number of nitrogens with zero attached hydrogens (tertiary/aromatic N) is 1. The van der Waals surface area contributed by atoms with Crippen molar-refractivity contribution in [2.75, 3.05) is 13.2 Å². The number of carbonyl (C=O) groups excluding carboxylic acids is 1. The van der Waals surface area contributed by atoms with Crippen LogP contribution in [0.3, 0.4) is 0 Å². The third kappa shape index (κ3) is 5.79. The van der Waals surface area contributed by atoms with Crippen LogP contribution in [0.2, 0.25) is 0 Å². The summed E-state index contributed by atoms with van der Waals surface area (Å²) in [6, 6.07) is 15.3. The van der Waals surface area contributed by atoms with Crippen molar-refractivity contribution >= 4 is 23.8 Å². The predicted octanol–water partition coefficient (Wildman–Crippen LogP) is 5.54. The summed E-state index contributed by atoms with van der Waals surface area (Å²) in [4.78, 5) is 26.9. The summed E-state index contributed by atoms with van der Waals surface area (Å²) in [6.45, 7) is 6.81. The summed E-state index contributed by atoms with van der Waals surface area (Å²) in [5.41, 5.74) is 3.04. The van der Waals surface area contributed by atoms with Crippen molar-refractivity contribution in [2.45, 2.75) is 50.3 Å². The summed E-state index contributed by atoms with van der Waals surface area (Å²) in [5, 5.41) is 9.62. The summed E-state index contributed by atoms with van der Waals surface area (Å²) in [6.07, 6.45) is 0.217. The Hall–Kier alpha value is -2.47. The maximum atomic E-state index is 12.8. The molecule has 2 aromatic rings. The summed E-state index contributed by atoms with van der Waals surface area (Å²) < 4.78 is 5.48. The summed E-state index contributed by atoms with van der Waals surface area (Å²) >= 11 is 1.73. The third-order valence-corrected chi connectivity index (χ3v) is 6.22. The molecule has 2 aromatic carbocycles. The summed E-state index contributed by atoms with van der Waals surface area (Å²) in [5.74, 6) is 0.367. The number of carboxylic acid groups (broad SMARTS) is 1. The van der Waals surface area contributed by atoms with E-state index >= 15 is 0 Å². The Morgan fingerprint density at radius 3 is 2.57 bits per heavy atom. The molecule has 1 aliphatic heterocycles. The summed E-state index contributed by atoms with van der Waals surface area (Å²) in [7, 11) is 0. The average molecular weight is 428 g/mol. The zero-order valence-electron chi connectivity index (χ0n) is 17.8. The average Bonchev–Trinajstić information content (AvgIpc) is 2.70. The van der Waals surface area contributed by atoms with Gasteiger partial charge in [-0.25, -0.2) is 9.59 Å². The lowest BCUT2D eigenvalue weighted by Gasteiger charge is -2.34. The Balaban J connectivity index is 1.75. The van der Waals surface area contributed by atoms with Crippen molar-refractivity contribution in [1.82, 2.24) is 4.90 Å². The Bertz CT molecular complexity index is 892. The van der Waals surface area contributed by atoms with E-state index < -0.39 is 18.1 Å². The molecule has 1 aliphatic rings. The number of carbonyl (C=O) groups is 2. The van der Waals surface area contributed by atoms with Crippen molar-refractivity contribution in [3.05, 3.63) is 65.2 Å². The Morgan fingerprint density at radius 1 is 1.17 bits per heavy atom. The normalized spacial score (nSPS) is 16.1. The van der Waals surface area contributed by atoms with Crippen LogP contribution in [0.1, 0.15) is 49.9 Å². The lowest BCUT2D eigenvalue weighted by Crippen LogP contribution is -2.43. The van der Waals surface area contributed by atoms with E-state index in [9.17, 15) is 14.7 Å². The fourth-order valence-electron chi connectivity index (χ4n) is 3.43. The van der Waals surface area contributed by atoms with Gasteiger partial charge in [-0.15, -0.1) is 11.8 Å². The van der Waals surface area contributed by atoms with Crippen molar-refractivity contribution in [3.8, 4) is 0 Å². The van der Waals surface area contributed by atoms with Gasteiger partial charge in [-0.2, -0.15) is 0 Å². The molecule has 3 rings (SSSR count). The molecule has 6 heteroatoms. The lowest BCUT2D eigenvalue weighted by molar-refractivity contribution is -0.150. The second kappa shape index (κ2) is 9.56. The van der Waals surface area contributed by atoms with E-state index in [-0.39, 0.29) is 18.6 Å². The molecule has 1 heterocycles. The molecule has 0 aromatic heterocycles. The Morgan fingerprint density at radius 2 is 1.90 bits per heavy atom. The SMILES string of the molecule is CC(C)(C)CCOC(=O)C1c2ccc(SCc3ccccc3)cc2CCN1C(=O)O. The van der Waals surface area contributed by atoms with Crippen LogP contribution < -0.4 is 0 Å². The van der Waals surface area contributed by atoms with E-state index in [0.29, 0.717) is 6.42 Å². The molecule has 0 fully saturated rings. The molecule has 30 heavy (non-hydrogen) atoms. The highest BCUT2D eigenvalue weighted by Crippen LogP contribution is 2.34. The van der Waals surface area contributed by atoms with E-state index in [1.165, 1.54) is 10.5 Å². The second-order valence-corrected chi connectivity index (χ2v) is 9.79.